The Hall–Kier alpha value is -1.05. The summed E-state index contributed by atoms with van der Waals surface area (Å²) in [6.45, 7) is 13.0. The van der Waals surface area contributed by atoms with E-state index in [1.54, 1.807) is 0 Å². The van der Waals surface area contributed by atoms with Gasteiger partial charge in [0.1, 0.15) is 0 Å². The zero-order valence-corrected chi connectivity index (χ0v) is 14.1. The molecule has 0 heterocycles. The second-order valence-electron chi connectivity index (χ2n) is 7.81. The van der Waals surface area contributed by atoms with Crippen LogP contribution in [0.5, 0.6) is 0 Å². The van der Waals surface area contributed by atoms with Crippen molar-refractivity contribution in [1.82, 2.24) is 4.90 Å². The predicted molar refractivity (Wildman–Crippen MR) is 86.5 cm³/mol. The van der Waals surface area contributed by atoms with Gasteiger partial charge < -0.3 is 4.90 Å². The summed E-state index contributed by atoms with van der Waals surface area (Å²) in [5, 5.41) is 0. The SMILES string of the molecule is CC(C)(C)C(=O)N(C/C=C/C1CC=CCC1)C(C)(C)C. The van der Waals surface area contributed by atoms with E-state index in [0.29, 0.717) is 12.5 Å². The molecule has 1 rings (SSSR count). The fourth-order valence-corrected chi connectivity index (χ4v) is 2.42. The number of hydrogen-bond acceptors (Lipinski definition) is 1. The lowest BCUT2D eigenvalue weighted by Gasteiger charge is -2.39. The van der Waals surface area contributed by atoms with Crippen molar-refractivity contribution in [3.8, 4) is 0 Å². The van der Waals surface area contributed by atoms with Crippen molar-refractivity contribution in [1.29, 1.82) is 0 Å². The maximum Gasteiger partial charge on any atom is 0.228 e. The van der Waals surface area contributed by atoms with Crippen LogP contribution in [0.3, 0.4) is 0 Å². The maximum atomic E-state index is 12.6. The number of rotatable bonds is 3. The zero-order valence-electron chi connectivity index (χ0n) is 14.1. The summed E-state index contributed by atoms with van der Waals surface area (Å²) in [5.74, 6) is 0.866. The summed E-state index contributed by atoms with van der Waals surface area (Å²) >= 11 is 0. The monoisotopic (exact) mass is 277 g/mol. The minimum atomic E-state index is -0.325. The number of amides is 1. The van der Waals surface area contributed by atoms with Crippen LogP contribution in [0, 0.1) is 11.3 Å². The van der Waals surface area contributed by atoms with Crippen molar-refractivity contribution >= 4 is 5.91 Å². The fourth-order valence-electron chi connectivity index (χ4n) is 2.42. The van der Waals surface area contributed by atoms with E-state index in [2.05, 4.69) is 45.1 Å². The Balaban J connectivity index is 2.69. The van der Waals surface area contributed by atoms with E-state index in [-0.39, 0.29) is 16.9 Å². The summed E-state index contributed by atoms with van der Waals surface area (Å²) in [4.78, 5) is 14.6. The highest BCUT2D eigenvalue weighted by Gasteiger charge is 2.33. The van der Waals surface area contributed by atoms with Gasteiger partial charge in [-0.3, -0.25) is 4.79 Å². The average Bonchev–Trinajstić information content (AvgIpc) is 2.32. The molecule has 0 bridgehead atoms. The molecule has 1 atom stereocenters. The molecule has 0 saturated carbocycles. The maximum absolute atomic E-state index is 12.6. The lowest BCUT2D eigenvalue weighted by Crippen LogP contribution is -2.50. The molecule has 1 amide bonds. The highest BCUT2D eigenvalue weighted by molar-refractivity contribution is 5.82. The Labute approximate surface area is 124 Å². The molecule has 0 saturated heterocycles. The minimum Gasteiger partial charge on any atom is -0.334 e. The van der Waals surface area contributed by atoms with Crippen LogP contribution in [0.25, 0.3) is 0 Å². The third-order valence-electron chi connectivity index (χ3n) is 3.70. The van der Waals surface area contributed by atoms with Gasteiger partial charge in [0.15, 0.2) is 0 Å². The molecule has 0 aromatic carbocycles. The second-order valence-corrected chi connectivity index (χ2v) is 7.81. The first kappa shape index (κ1) is 17.0. The molecule has 0 radical (unpaired) electrons. The lowest BCUT2D eigenvalue weighted by atomic mass is 9.91. The Morgan fingerprint density at radius 2 is 1.85 bits per heavy atom. The molecule has 0 N–H and O–H groups in total. The molecule has 20 heavy (non-hydrogen) atoms. The van der Waals surface area contributed by atoms with Crippen molar-refractivity contribution in [2.45, 2.75) is 66.3 Å². The van der Waals surface area contributed by atoms with Crippen LogP contribution in [-0.4, -0.2) is 22.9 Å². The standard InChI is InChI=1S/C18H31NO/c1-17(2,3)16(20)19(18(4,5)6)14-10-13-15-11-8-7-9-12-15/h7-8,10,13,15H,9,11-12,14H2,1-6H3/b13-10+. The van der Waals surface area contributed by atoms with Gasteiger partial charge in [-0.25, -0.2) is 0 Å². The van der Waals surface area contributed by atoms with Gasteiger partial charge in [-0.15, -0.1) is 0 Å². The molecule has 1 unspecified atom stereocenters. The van der Waals surface area contributed by atoms with E-state index in [4.69, 9.17) is 0 Å². The number of allylic oxidation sites excluding steroid dienone is 3. The highest BCUT2D eigenvalue weighted by Crippen LogP contribution is 2.24. The summed E-state index contributed by atoms with van der Waals surface area (Å²) in [6.07, 6.45) is 12.5. The normalized spacial score (nSPS) is 20.4. The van der Waals surface area contributed by atoms with Gasteiger partial charge in [0, 0.05) is 17.5 Å². The smallest absolute Gasteiger partial charge is 0.228 e. The molecule has 0 fully saturated rings. The number of carbonyl (C=O) groups is 1. The number of hydrogen-bond donors (Lipinski definition) is 0. The van der Waals surface area contributed by atoms with E-state index in [9.17, 15) is 4.79 Å². The van der Waals surface area contributed by atoms with Gasteiger partial charge in [-0.2, -0.15) is 0 Å². The Kier molecular flexibility index (Phi) is 5.61. The van der Waals surface area contributed by atoms with Gasteiger partial charge in [0.2, 0.25) is 5.91 Å². The topological polar surface area (TPSA) is 20.3 Å². The Bertz CT molecular complexity index is 379. The van der Waals surface area contributed by atoms with Crippen LogP contribution < -0.4 is 0 Å². The Morgan fingerprint density at radius 1 is 1.20 bits per heavy atom. The first-order chi connectivity index (χ1) is 9.12. The van der Waals surface area contributed by atoms with Crippen LogP contribution in [0.4, 0.5) is 0 Å². The van der Waals surface area contributed by atoms with Crippen molar-refractivity contribution < 1.29 is 4.79 Å². The first-order valence-corrected chi connectivity index (χ1v) is 7.76. The van der Waals surface area contributed by atoms with Gasteiger partial charge in [-0.05, 0) is 46.0 Å². The van der Waals surface area contributed by atoms with Crippen molar-refractivity contribution in [2.24, 2.45) is 11.3 Å². The van der Waals surface area contributed by atoms with Crippen LogP contribution in [0.2, 0.25) is 0 Å². The molecule has 2 heteroatoms. The summed E-state index contributed by atoms with van der Waals surface area (Å²) < 4.78 is 0. The van der Waals surface area contributed by atoms with Crippen molar-refractivity contribution in [2.75, 3.05) is 6.54 Å². The van der Waals surface area contributed by atoms with Crippen molar-refractivity contribution in [3.63, 3.8) is 0 Å². The molecule has 2 nitrogen and oxygen atoms in total. The molecule has 0 spiro atoms. The molecular formula is C18H31NO. The molecule has 1 aliphatic carbocycles. The minimum absolute atomic E-state index is 0.138. The van der Waals surface area contributed by atoms with E-state index in [1.807, 2.05) is 25.7 Å². The van der Waals surface area contributed by atoms with E-state index < -0.39 is 0 Å². The van der Waals surface area contributed by atoms with Crippen LogP contribution in [0.15, 0.2) is 24.3 Å². The zero-order chi connectivity index (χ0) is 15.4. The highest BCUT2D eigenvalue weighted by atomic mass is 16.2. The van der Waals surface area contributed by atoms with Gasteiger partial charge in [0.05, 0.1) is 0 Å². The van der Waals surface area contributed by atoms with Crippen LogP contribution in [0.1, 0.15) is 60.8 Å². The first-order valence-electron chi connectivity index (χ1n) is 7.76. The molecule has 0 aliphatic heterocycles. The fraction of sp³-hybridized carbons (Fsp3) is 0.722. The predicted octanol–water partition coefficient (Wildman–Crippen LogP) is 4.57. The molecule has 0 aromatic rings. The van der Waals surface area contributed by atoms with E-state index in [1.165, 1.54) is 12.8 Å². The number of carbonyl (C=O) groups excluding carboxylic acids is 1. The summed E-state index contributed by atoms with van der Waals surface area (Å²) in [6, 6.07) is 0. The molecule has 0 aromatic heterocycles. The summed E-state index contributed by atoms with van der Waals surface area (Å²) in [7, 11) is 0. The van der Waals surface area contributed by atoms with Gasteiger partial charge in [-0.1, -0.05) is 45.1 Å². The van der Waals surface area contributed by atoms with Crippen LogP contribution >= 0.6 is 0 Å². The molecular weight excluding hydrogens is 246 g/mol. The largest absolute Gasteiger partial charge is 0.334 e. The van der Waals surface area contributed by atoms with Gasteiger partial charge in [0.25, 0.3) is 0 Å². The average molecular weight is 277 g/mol. The lowest BCUT2D eigenvalue weighted by molar-refractivity contribution is -0.143. The summed E-state index contributed by atoms with van der Waals surface area (Å²) in [5.41, 5.74) is -0.462. The molecule has 114 valence electrons. The van der Waals surface area contributed by atoms with Crippen molar-refractivity contribution in [3.05, 3.63) is 24.3 Å². The third kappa shape index (κ3) is 5.15. The molecule has 1 aliphatic rings. The van der Waals surface area contributed by atoms with Crippen LogP contribution in [-0.2, 0) is 4.79 Å². The second kappa shape index (κ2) is 6.60. The Morgan fingerprint density at radius 3 is 2.30 bits per heavy atom. The van der Waals surface area contributed by atoms with E-state index >= 15 is 0 Å². The quantitative estimate of drug-likeness (QED) is 0.692. The van der Waals surface area contributed by atoms with Gasteiger partial charge >= 0.3 is 0 Å². The third-order valence-corrected chi connectivity index (χ3v) is 3.70. The number of nitrogens with zero attached hydrogens (tertiary/aromatic N) is 1. The van der Waals surface area contributed by atoms with E-state index in [0.717, 1.165) is 6.42 Å².